The van der Waals surface area contributed by atoms with Crippen LogP contribution in [0.25, 0.3) is 44.2 Å². The van der Waals surface area contributed by atoms with Crippen molar-refractivity contribution in [2.45, 2.75) is 110 Å². The minimum absolute atomic E-state index is 0.00217. The quantitative estimate of drug-likeness (QED) is 0.154. The predicted molar refractivity (Wildman–Crippen MR) is 324 cm³/mol. The van der Waals surface area contributed by atoms with E-state index in [-0.39, 0.29) is 21.7 Å². The molecule has 13 rings (SSSR count). The second-order valence-electron chi connectivity index (χ2n) is 24.6. The third-order valence-corrected chi connectivity index (χ3v) is 17.7. The molecule has 1 N–H and O–H groups in total. The van der Waals surface area contributed by atoms with Gasteiger partial charge in [0.1, 0.15) is 11.2 Å². The van der Waals surface area contributed by atoms with Crippen molar-refractivity contribution in [1.82, 2.24) is 0 Å². The molecule has 3 aliphatic rings. The summed E-state index contributed by atoms with van der Waals surface area (Å²) in [6.07, 6.45) is 4.60. The first-order valence-electron chi connectivity index (χ1n) is 27.5. The Hall–Kier alpha value is -7.76. The zero-order valence-electron chi connectivity index (χ0n) is 45.6. The Bertz CT molecular complexity index is 3860. The second kappa shape index (κ2) is 17.7. The fourth-order valence-corrected chi connectivity index (χ4v) is 13.0. The summed E-state index contributed by atoms with van der Waals surface area (Å²) in [5, 5.41) is 6.27. The van der Waals surface area contributed by atoms with E-state index < -0.39 is 0 Å². The molecular weight excluding hydrogens is 922 g/mol. The maximum atomic E-state index is 6.76. The van der Waals surface area contributed by atoms with E-state index in [0.717, 1.165) is 97.6 Å². The van der Waals surface area contributed by atoms with E-state index in [1.54, 1.807) is 0 Å². The van der Waals surface area contributed by atoms with E-state index in [4.69, 9.17) is 4.42 Å². The summed E-state index contributed by atoms with van der Waals surface area (Å²) in [6, 6.07) is 69.8. The number of aryl methyl sites for hydroxylation is 1. The van der Waals surface area contributed by atoms with Gasteiger partial charge in [0, 0.05) is 62.2 Å². The number of para-hydroxylation sites is 3. The van der Waals surface area contributed by atoms with Gasteiger partial charge in [0.05, 0.1) is 5.69 Å². The van der Waals surface area contributed by atoms with Crippen LogP contribution >= 0.6 is 0 Å². The van der Waals surface area contributed by atoms with Gasteiger partial charge >= 0.3 is 0 Å². The molecule has 375 valence electrons. The van der Waals surface area contributed by atoms with Crippen LogP contribution in [0.15, 0.2) is 192 Å². The lowest BCUT2D eigenvalue weighted by Crippen LogP contribution is -2.41. The molecule has 0 bridgehead atoms. The molecule has 1 aliphatic heterocycles. The van der Waals surface area contributed by atoms with Crippen molar-refractivity contribution in [3.05, 3.63) is 216 Å². The standard InChI is InChI=1S/C71H67BN3O/c1-45-37-57-59(71(8,9)36-35-69(57,4)5)43-62(45)75-63-38-47(46-21-13-10-14-22-46)29-32-60(63)72-67-55(40-51(41-64(67)75)74(49-23-15-11-16-24-49)50-25-17-12-18-26-50)53-42-54-52-27-19-20-28-65(52)76-66(54)44-61(53)73-48-30-31-56-58(39-48)70(6,7)34-33-68(56,2)3/h10-32,37-44,73H,33-36H2,1-9H3. The van der Waals surface area contributed by atoms with Crippen LogP contribution in [0.3, 0.4) is 0 Å². The smallest absolute Gasteiger partial charge is 0.197 e. The molecule has 0 spiro atoms. The molecular formula is C71H67BN3O. The van der Waals surface area contributed by atoms with Gasteiger partial charge in [-0.25, -0.2) is 0 Å². The molecule has 1 radical (unpaired) electrons. The van der Waals surface area contributed by atoms with E-state index in [9.17, 15) is 0 Å². The van der Waals surface area contributed by atoms with Gasteiger partial charge in [-0.05, 0) is 177 Å². The topological polar surface area (TPSA) is 31.6 Å². The average Bonchev–Trinajstić information content (AvgIpc) is 3.95. The van der Waals surface area contributed by atoms with Crippen LogP contribution in [0.1, 0.15) is 109 Å². The summed E-state index contributed by atoms with van der Waals surface area (Å²) in [7, 11) is 2.45. The van der Waals surface area contributed by atoms with Gasteiger partial charge in [-0.2, -0.15) is 0 Å². The molecule has 0 saturated carbocycles. The average molecular weight is 989 g/mol. The highest BCUT2D eigenvalue weighted by molar-refractivity contribution is 6.73. The molecule has 10 aromatic rings. The van der Waals surface area contributed by atoms with Crippen molar-refractivity contribution < 1.29 is 4.42 Å². The van der Waals surface area contributed by atoms with E-state index in [2.05, 4.69) is 273 Å². The van der Waals surface area contributed by atoms with E-state index in [0.29, 0.717) is 0 Å². The normalized spacial score (nSPS) is 16.5. The van der Waals surface area contributed by atoms with Crippen LogP contribution in [0.5, 0.6) is 0 Å². The summed E-state index contributed by atoms with van der Waals surface area (Å²) < 4.78 is 6.76. The summed E-state index contributed by atoms with van der Waals surface area (Å²) in [5.41, 5.74) is 24.7. The fourth-order valence-electron chi connectivity index (χ4n) is 13.0. The van der Waals surface area contributed by atoms with Crippen molar-refractivity contribution in [1.29, 1.82) is 0 Å². The lowest BCUT2D eigenvalue weighted by Gasteiger charge is -2.44. The van der Waals surface area contributed by atoms with Gasteiger partial charge in [0.15, 0.2) is 7.28 Å². The Morgan fingerprint density at radius 1 is 0.447 bits per heavy atom. The molecule has 5 heteroatoms. The van der Waals surface area contributed by atoms with Crippen molar-refractivity contribution in [2.75, 3.05) is 15.1 Å². The number of hydrogen-bond donors (Lipinski definition) is 1. The third kappa shape index (κ3) is 8.04. The van der Waals surface area contributed by atoms with Crippen LogP contribution in [0, 0.1) is 6.92 Å². The molecule has 1 aromatic heterocycles. The highest BCUT2D eigenvalue weighted by atomic mass is 16.3. The Morgan fingerprint density at radius 3 is 1.71 bits per heavy atom. The van der Waals surface area contributed by atoms with Crippen LogP contribution in [-0.4, -0.2) is 7.28 Å². The first kappa shape index (κ1) is 47.9. The van der Waals surface area contributed by atoms with Gasteiger partial charge in [0.25, 0.3) is 0 Å². The molecule has 0 saturated heterocycles. The molecule has 0 unspecified atom stereocenters. The van der Waals surface area contributed by atoms with Gasteiger partial charge in [0.2, 0.25) is 0 Å². The molecule has 0 amide bonds. The van der Waals surface area contributed by atoms with E-state index >= 15 is 0 Å². The third-order valence-electron chi connectivity index (χ3n) is 17.7. The maximum absolute atomic E-state index is 6.76. The number of fused-ring (bicyclic) bond motifs is 7. The largest absolute Gasteiger partial charge is 0.456 e. The van der Waals surface area contributed by atoms with Crippen LogP contribution < -0.4 is 26.0 Å². The van der Waals surface area contributed by atoms with E-state index in [1.165, 1.54) is 56.5 Å². The lowest BCUT2D eigenvalue weighted by atomic mass is 9.57. The van der Waals surface area contributed by atoms with Gasteiger partial charge in [-0.1, -0.05) is 170 Å². The number of rotatable bonds is 8. The number of nitrogens with zero attached hydrogens (tertiary/aromatic N) is 2. The van der Waals surface area contributed by atoms with Crippen molar-refractivity contribution >= 4 is 85.6 Å². The lowest BCUT2D eigenvalue weighted by molar-refractivity contribution is 0.332. The Labute approximate surface area is 450 Å². The van der Waals surface area contributed by atoms with Gasteiger partial charge in [-0.3, -0.25) is 0 Å². The summed E-state index contributed by atoms with van der Waals surface area (Å²) in [4.78, 5) is 5.03. The molecule has 2 heterocycles. The molecule has 2 aliphatic carbocycles. The van der Waals surface area contributed by atoms with Crippen molar-refractivity contribution in [3.63, 3.8) is 0 Å². The monoisotopic (exact) mass is 989 g/mol. The zero-order valence-corrected chi connectivity index (χ0v) is 45.6. The van der Waals surface area contributed by atoms with Crippen LogP contribution in [0.4, 0.5) is 45.5 Å². The van der Waals surface area contributed by atoms with Crippen LogP contribution in [0.2, 0.25) is 0 Å². The Balaban J connectivity index is 1.13. The molecule has 0 atom stereocenters. The zero-order chi connectivity index (χ0) is 52.3. The highest BCUT2D eigenvalue weighted by Gasteiger charge is 2.40. The first-order valence-corrected chi connectivity index (χ1v) is 27.5. The Kier molecular flexibility index (Phi) is 11.1. The Morgan fingerprint density at radius 2 is 1.04 bits per heavy atom. The maximum Gasteiger partial charge on any atom is 0.197 e. The number of hydrogen-bond acceptors (Lipinski definition) is 4. The van der Waals surface area contributed by atoms with E-state index in [1.807, 2.05) is 0 Å². The number of anilines is 8. The number of benzene rings is 9. The predicted octanol–water partition coefficient (Wildman–Crippen LogP) is 18.6. The minimum atomic E-state index is 0.00217. The fraction of sp³-hybridized carbons (Fsp3) is 0.239. The molecule has 76 heavy (non-hydrogen) atoms. The minimum Gasteiger partial charge on any atom is -0.456 e. The molecule has 0 fully saturated rings. The first-order chi connectivity index (χ1) is 36.5. The van der Waals surface area contributed by atoms with Gasteiger partial charge in [-0.15, -0.1) is 0 Å². The summed E-state index contributed by atoms with van der Waals surface area (Å²) >= 11 is 0. The summed E-state index contributed by atoms with van der Waals surface area (Å²) in [5.74, 6) is 0. The SMILES string of the molecule is Cc1cc2c(cc1N1c3cc(-c4ccccc4)ccc3[B]c3c(-c4cc5c(cc4Nc4ccc6c(c4)C(C)(C)CCC6(C)C)oc4ccccc45)cc(N(c4ccccc4)c4ccccc4)cc31)C(C)(C)CCC2(C)C. The van der Waals surface area contributed by atoms with Crippen molar-refractivity contribution in [3.8, 4) is 22.3 Å². The number of nitrogens with one attached hydrogen (secondary N) is 1. The second-order valence-corrected chi connectivity index (χ2v) is 24.6. The molecule has 4 nitrogen and oxygen atoms in total. The number of furan rings is 1. The van der Waals surface area contributed by atoms with Gasteiger partial charge < -0.3 is 19.5 Å². The van der Waals surface area contributed by atoms with Crippen LogP contribution in [-0.2, 0) is 21.7 Å². The van der Waals surface area contributed by atoms with Crippen molar-refractivity contribution in [2.24, 2.45) is 0 Å². The molecule has 9 aromatic carbocycles. The highest BCUT2D eigenvalue weighted by Crippen LogP contribution is 2.52. The summed E-state index contributed by atoms with van der Waals surface area (Å²) in [6.45, 7) is 21.7.